The number of aryl methyl sites for hydroxylation is 1. The monoisotopic (exact) mass is 357 g/mol. The molecule has 1 atom stereocenters. The zero-order valence-electron chi connectivity index (χ0n) is 15.7. The van der Waals surface area contributed by atoms with Crippen molar-refractivity contribution < 1.29 is 19.0 Å². The SMILES string of the molecule is CCOc1ccc(CCCNC(=O)C(C)Oc2cccc(OC)c2)cc1. The molecule has 1 unspecified atom stereocenters. The number of hydrogen-bond acceptors (Lipinski definition) is 4. The summed E-state index contributed by atoms with van der Waals surface area (Å²) in [6, 6.07) is 15.3. The van der Waals surface area contributed by atoms with Crippen LogP contribution in [0.3, 0.4) is 0 Å². The number of rotatable bonds is 10. The summed E-state index contributed by atoms with van der Waals surface area (Å²) in [5.41, 5.74) is 1.23. The molecule has 0 aliphatic rings. The second-order valence-corrected chi connectivity index (χ2v) is 5.91. The standard InChI is InChI=1S/C21H27NO4/c1-4-25-18-12-10-17(11-13-18)7-6-14-22-21(23)16(2)26-20-9-5-8-19(15-20)24-3/h5,8-13,15-16H,4,6-7,14H2,1-3H3,(H,22,23). The molecule has 0 spiro atoms. The van der Waals surface area contributed by atoms with E-state index in [0.717, 1.165) is 18.6 Å². The van der Waals surface area contributed by atoms with E-state index in [4.69, 9.17) is 14.2 Å². The van der Waals surface area contributed by atoms with Crippen molar-refractivity contribution in [3.8, 4) is 17.2 Å². The highest BCUT2D eigenvalue weighted by atomic mass is 16.5. The minimum atomic E-state index is -0.562. The van der Waals surface area contributed by atoms with Crippen LogP contribution in [0.15, 0.2) is 48.5 Å². The van der Waals surface area contributed by atoms with Crippen molar-refractivity contribution >= 4 is 5.91 Å². The molecule has 2 aromatic rings. The van der Waals surface area contributed by atoms with Gasteiger partial charge >= 0.3 is 0 Å². The van der Waals surface area contributed by atoms with Gasteiger partial charge in [0.25, 0.3) is 5.91 Å². The van der Waals surface area contributed by atoms with Crippen LogP contribution in [0.25, 0.3) is 0 Å². The molecule has 26 heavy (non-hydrogen) atoms. The zero-order valence-corrected chi connectivity index (χ0v) is 15.7. The highest BCUT2D eigenvalue weighted by Gasteiger charge is 2.14. The Morgan fingerprint density at radius 2 is 1.81 bits per heavy atom. The third-order valence-corrected chi connectivity index (χ3v) is 3.90. The molecular formula is C21H27NO4. The maximum absolute atomic E-state index is 12.1. The zero-order chi connectivity index (χ0) is 18.8. The molecule has 0 aliphatic carbocycles. The van der Waals surface area contributed by atoms with Gasteiger partial charge in [-0.1, -0.05) is 18.2 Å². The number of hydrogen-bond donors (Lipinski definition) is 1. The highest BCUT2D eigenvalue weighted by Crippen LogP contribution is 2.20. The van der Waals surface area contributed by atoms with Gasteiger partial charge in [-0.3, -0.25) is 4.79 Å². The lowest BCUT2D eigenvalue weighted by molar-refractivity contribution is -0.127. The van der Waals surface area contributed by atoms with Gasteiger partial charge in [0, 0.05) is 12.6 Å². The van der Waals surface area contributed by atoms with Crippen LogP contribution in [0.2, 0.25) is 0 Å². The van der Waals surface area contributed by atoms with E-state index < -0.39 is 6.10 Å². The summed E-state index contributed by atoms with van der Waals surface area (Å²) in [7, 11) is 1.60. The fourth-order valence-corrected chi connectivity index (χ4v) is 2.50. The Morgan fingerprint density at radius 3 is 2.50 bits per heavy atom. The van der Waals surface area contributed by atoms with Crippen molar-refractivity contribution in [1.82, 2.24) is 5.32 Å². The fraction of sp³-hybridized carbons (Fsp3) is 0.381. The predicted octanol–water partition coefficient (Wildman–Crippen LogP) is 3.61. The molecule has 5 nitrogen and oxygen atoms in total. The topological polar surface area (TPSA) is 56.8 Å². The third kappa shape index (κ3) is 6.31. The summed E-state index contributed by atoms with van der Waals surface area (Å²) in [4.78, 5) is 12.1. The number of methoxy groups -OCH3 is 1. The van der Waals surface area contributed by atoms with E-state index in [9.17, 15) is 4.79 Å². The summed E-state index contributed by atoms with van der Waals surface area (Å²) < 4.78 is 16.2. The number of amides is 1. The van der Waals surface area contributed by atoms with E-state index in [1.54, 1.807) is 26.2 Å². The smallest absolute Gasteiger partial charge is 0.260 e. The van der Waals surface area contributed by atoms with Crippen molar-refractivity contribution in [3.63, 3.8) is 0 Å². The molecule has 2 aromatic carbocycles. The van der Waals surface area contributed by atoms with Gasteiger partial charge in [0.05, 0.1) is 13.7 Å². The van der Waals surface area contributed by atoms with E-state index in [1.165, 1.54) is 5.56 Å². The van der Waals surface area contributed by atoms with Crippen molar-refractivity contribution in [1.29, 1.82) is 0 Å². The van der Waals surface area contributed by atoms with Crippen LogP contribution in [0, 0.1) is 0 Å². The largest absolute Gasteiger partial charge is 0.497 e. The first kappa shape index (κ1) is 19.6. The summed E-state index contributed by atoms with van der Waals surface area (Å²) in [6.45, 7) is 4.98. The summed E-state index contributed by atoms with van der Waals surface area (Å²) >= 11 is 0. The number of carbonyl (C=O) groups is 1. The van der Waals surface area contributed by atoms with Gasteiger partial charge < -0.3 is 19.5 Å². The minimum absolute atomic E-state index is 0.125. The summed E-state index contributed by atoms with van der Waals surface area (Å²) in [5.74, 6) is 2.07. The van der Waals surface area contributed by atoms with E-state index in [1.807, 2.05) is 31.2 Å². The maximum atomic E-state index is 12.1. The normalized spacial score (nSPS) is 11.5. The van der Waals surface area contributed by atoms with Crippen molar-refractivity contribution in [2.45, 2.75) is 32.8 Å². The van der Waals surface area contributed by atoms with Gasteiger partial charge in [-0.2, -0.15) is 0 Å². The Bertz CT molecular complexity index is 685. The third-order valence-electron chi connectivity index (χ3n) is 3.90. The Hall–Kier alpha value is -2.69. The van der Waals surface area contributed by atoms with E-state index in [-0.39, 0.29) is 5.91 Å². The molecule has 5 heteroatoms. The molecule has 0 saturated carbocycles. The fourth-order valence-electron chi connectivity index (χ4n) is 2.50. The van der Waals surface area contributed by atoms with Gasteiger partial charge in [-0.15, -0.1) is 0 Å². The van der Waals surface area contributed by atoms with Crippen molar-refractivity contribution in [2.24, 2.45) is 0 Å². The molecule has 1 amide bonds. The molecule has 140 valence electrons. The van der Waals surface area contributed by atoms with Crippen LogP contribution in [0.4, 0.5) is 0 Å². The van der Waals surface area contributed by atoms with Crippen LogP contribution in [-0.2, 0) is 11.2 Å². The number of benzene rings is 2. The Balaban J connectivity index is 1.70. The van der Waals surface area contributed by atoms with Crippen LogP contribution in [0.5, 0.6) is 17.2 Å². The van der Waals surface area contributed by atoms with E-state index >= 15 is 0 Å². The summed E-state index contributed by atoms with van der Waals surface area (Å²) in [5, 5.41) is 2.91. The van der Waals surface area contributed by atoms with Crippen LogP contribution >= 0.6 is 0 Å². The quantitative estimate of drug-likeness (QED) is 0.660. The van der Waals surface area contributed by atoms with Gasteiger partial charge in [0.1, 0.15) is 17.2 Å². The predicted molar refractivity (Wildman–Crippen MR) is 102 cm³/mol. The maximum Gasteiger partial charge on any atom is 0.260 e. The molecular weight excluding hydrogens is 330 g/mol. The second kappa shape index (κ2) is 10.3. The Kier molecular flexibility index (Phi) is 7.80. The van der Waals surface area contributed by atoms with Crippen molar-refractivity contribution in [2.75, 3.05) is 20.3 Å². The molecule has 1 N–H and O–H groups in total. The molecule has 0 saturated heterocycles. The van der Waals surface area contributed by atoms with Gasteiger partial charge in [-0.25, -0.2) is 0 Å². The first-order valence-corrected chi connectivity index (χ1v) is 8.92. The first-order chi connectivity index (χ1) is 12.6. The minimum Gasteiger partial charge on any atom is -0.497 e. The number of carbonyl (C=O) groups excluding carboxylic acids is 1. The average Bonchev–Trinajstić information content (AvgIpc) is 2.66. The highest BCUT2D eigenvalue weighted by molar-refractivity contribution is 5.80. The van der Waals surface area contributed by atoms with Crippen LogP contribution < -0.4 is 19.5 Å². The van der Waals surface area contributed by atoms with E-state index in [0.29, 0.717) is 24.7 Å². The van der Waals surface area contributed by atoms with E-state index in [2.05, 4.69) is 17.4 Å². The number of nitrogens with one attached hydrogen (secondary N) is 1. The molecule has 0 aliphatic heterocycles. The molecule has 0 heterocycles. The molecule has 0 bridgehead atoms. The lowest BCUT2D eigenvalue weighted by Gasteiger charge is -2.15. The first-order valence-electron chi connectivity index (χ1n) is 8.92. The van der Waals surface area contributed by atoms with Crippen LogP contribution in [-0.4, -0.2) is 32.3 Å². The Morgan fingerprint density at radius 1 is 1.08 bits per heavy atom. The Labute approximate surface area is 155 Å². The second-order valence-electron chi connectivity index (χ2n) is 5.91. The lowest BCUT2D eigenvalue weighted by Crippen LogP contribution is -2.36. The number of ether oxygens (including phenoxy) is 3. The summed E-state index contributed by atoms with van der Waals surface area (Å²) in [6.07, 6.45) is 1.20. The van der Waals surface area contributed by atoms with Gasteiger partial charge in [0.2, 0.25) is 0 Å². The molecule has 2 rings (SSSR count). The van der Waals surface area contributed by atoms with Crippen molar-refractivity contribution in [3.05, 3.63) is 54.1 Å². The van der Waals surface area contributed by atoms with Gasteiger partial charge in [0.15, 0.2) is 6.10 Å². The molecule has 0 aromatic heterocycles. The molecule has 0 radical (unpaired) electrons. The molecule has 0 fully saturated rings. The average molecular weight is 357 g/mol. The van der Waals surface area contributed by atoms with Crippen LogP contribution in [0.1, 0.15) is 25.8 Å². The van der Waals surface area contributed by atoms with Gasteiger partial charge in [-0.05, 0) is 56.5 Å². The lowest BCUT2D eigenvalue weighted by atomic mass is 10.1.